The first-order valence-electron chi connectivity index (χ1n) is 14.8. The van der Waals surface area contributed by atoms with Gasteiger partial charge in [-0.2, -0.15) is 0 Å². The maximum absolute atomic E-state index is 13.3. The molecule has 1 aliphatic heterocycles. The highest BCUT2D eigenvalue weighted by Crippen LogP contribution is 2.28. The topological polar surface area (TPSA) is 135 Å². The molecule has 0 spiro atoms. The third-order valence-electron chi connectivity index (χ3n) is 7.01. The number of aryl methyl sites for hydroxylation is 1. The summed E-state index contributed by atoms with van der Waals surface area (Å²) in [6.07, 6.45) is 1.38. The molecule has 234 valence electrons. The zero-order valence-electron chi connectivity index (χ0n) is 25.7. The zero-order valence-corrected chi connectivity index (χ0v) is 25.7. The van der Waals surface area contributed by atoms with Crippen LogP contribution in [0.3, 0.4) is 0 Å². The molecule has 0 unspecified atom stereocenters. The van der Waals surface area contributed by atoms with Gasteiger partial charge in [0.15, 0.2) is 11.5 Å². The summed E-state index contributed by atoms with van der Waals surface area (Å²) in [5.74, 6) is -0.0116. The van der Waals surface area contributed by atoms with Crippen molar-refractivity contribution in [3.8, 4) is 17.2 Å². The molecule has 1 aliphatic rings. The second-order valence-corrected chi connectivity index (χ2v) is 10.9. The molecular weight excluding hydrogens is 552 g/mol. The number of carbonyl (C=O) groups is 4. The Kier molecular flexibility index (Phi) is 12.7. The number of nitrogens with one attached hydrogen (secondary N) is 3. The Bertz CT molecular complexity index is 1270. The van der Waals surface area contributed by atoms with Crippen LogP contribution in [0.4, 0.5) is 0 Å². The van der Waals surface area contributed by atoms with Gasteiger partial charge in [0.05, 0.1) is 32.2 Å². The van der Waals surface area contributed by atoms with Crippen molar-refractivity contribution in [1.82, 2.24) is 20.9 Å². The van der Waals surface area contributed by atoms with Crippen LogP contribution in [0.25, 0.3) is 0 Å². The molecule has 0 aliphatic carbocycles. The SMILES string of the molecule is CCOc1ccc(CCCNC(=O)[C@@H]2CC(=O)N[C@H](CC(C)C)C(=O)N(C)CCOc3ccccc3C(=O)N2)cc1OC. The van der Waals surface area contributed by atoms with Gasteiger partial charge in [0.1, 0.15) is 24.4 Å². The van der Waals surface area contributed by atoms with E-state index in [9.17, 15) is 19.2 Å². The molecule has 0 saturated heterocycles. The van der Waals surface area contributed by atoms with Crippen LogP contribution in [0.5, 0.6) is 17.2 Å². The number of rotatable bonds is 10. The summed E-state index contributed by atoms with van der Waals surface area (Å²) in [5.41, 5.74) is 1.25. The second kappa shape index (κ2) is 16.4. The molecule has 0 aromatic heterocycles. The Hall–Kier alpha value is -4.28. The summed E-state index contributed by atoms with van der Waals surface area (Å²) in [6.45, 7) is 7.10. The molecule has 43 heavy (non-hydrogen) atoms. The highest BCUT2D eigenvalue weighted by atomic mass is 16.5. The van der Waals surface area contributed by atoms with Crippen molar-refractivity contribution >= 4 is 23.6 Å². The van der Waals surface area contributed by atoms with Gasteiger partial charge >= 0.3 is 0 Å². The van der Waals surface area contributed by atoms with Crippen LogP contribution in [-0.4, -0.2) is 81.1 Å². The van der Waals surface area contributed by atoms with E-state index in [1.54, 1.807) is 38.4 Å². The van der Waals surface area contributed by atoms with Gasteiger partial charge in [-0.3, -0.25) is 19.2 Å². The largest absolute Gasteiger partial charge is 0.493 e. The van der Waals surface area contributed by atoms with Gasteiger partial charge in [-0.15, -0.1) is 0 Å². The van der Waals surface area contributed by atoms with E-state index in [4.69, 9.17) is 14.2 Å². The molecule has 0 bridgehead atoms. The Labute approximate surface area is 253 Å². The van der Waals surface area contributed by atoms with Crippen molar-refractivity contribution in [1.29, 1.82) is 0 Å². The lowest BCUT2D eigenvalue weighted by Gasteiger charge is -2.27. The number of amides is 4. The normalized spacial score (nSPS) is 18.1. The fraction of sp³-hybridized carbons (Fsp3) is 0.500. The van der Waals surface area contributed by atoms with Crippen LogP contribution in [0.1, 0.15) is 56.0 Å². The third kappa shape index (κ3) is 9.90. The summed E-state index contributed by atoms with van der Waals surface area (Å²) >= 11 is 0. The number of likely N-dealkylation sites (N-methyl/N-ethyl adjacent to an activating group) is 1. The molecule has 11 nitrogen and oxygen atoms in total. The first-order chi connectivity index (χ1) is 20.6. The van der Waals surface area contributed by atoms with Crippen molar-refractivity contribution in [2.75, 3.05) is 40.5 Å². The molecule has 0 saturated carbocycles. The number of carbonyl (C=O) groups excluding carboxylic acids is 4. The van der Waals surface area contributed by atoms with E-state index in [1.807, 2.05) is 39.0 Å². The molecular formula is C32H44N4O7. The van der Waals surface area contributed by atoms with Crippen molar-refractivity contribution in [3.63, 3.8) is 0 Å². The van der Waals surface area contributed by atoms with E-state index in [0.717, 1.165) is 5.56 Å². The molecule has 2 atom stereocenters. The third-order valence-corrected chi connectivity index (χ3v) is 7.01. The fourth-order valence-electron chi connectivity index (χ4n) is 4.80. The van der Waals surface area contributed by atoms with Gasteiger partial charge < -0.3 is 35.1 Å². The number of methoxy groups -OCH3 is 1. The lowest BCUT2D eigenvalue weighted by atomic mass is 10.0. The summed E-state index contributed by atoms with van der Waals surface area (Å²) in [5, 5.41) is 8.34. The molecule has 2 aromatic rings. The van der Waals surface area contributed by atoms with E-state index in [-0.39, 0.29) is 37.0 Å². The molecule has 3 N–H and O–H groups in total. The van der Waals surface area contributed by atoms with E-state index in [0.29, 0.717) is 49.7 Å². The smallest absolute Gasteiger partial charge is 0.255 e. The molecule has 0 fully saturated rings. The van der Waals surface area contributed by atoms with Crippen LogP contribution in [-0.2, 0) is 20.8 Å². The first-order valence-corrected chi connectivity index (χ1v) is 14.8. The standard InChI is InChI=1S/C32H44N4O7/c1-6-42-27-14-13-22(19-28(27)41-5)10-9-15-33-31(39)24-20-29(37)34-25(18-21(2)3)32(40)36(4)16-17-43-26-12-8-7-11-23(26)30(38)35-24/h7-8,11-14,19,21,24-25H,6,9-10,15-18,20H2,1-5H3,(H,33,39)(H,34,37)(H,35,38)/t24-,25+/m0/s1. The lowest BCUT2D eigenvalue weighted by Crippen LogP contribution is -2.53. The number of para-hydroxylation sites is 1. The first kappa shape index (κ1) is 33.2. The Morgan fingerprint density at radius 1 is 1.12 bits per heavy atom. The van der Waals surface area contributed by atoms with Crippen molar-refractivity contribution < 1.29 is 33.4 Å². The number of fused-ring (bicyclic) bond motifs is 1. The Morgan fingerprint density at radius 2 is 1.88 bits per heavy atom. The van der Waals surface area contributed by atoms with Gasteiger partial charge in [-0.1, -0.05) is 32.0 Å². The number of benzene rings is 2. The van der Waals surface area contributed by atoms with Gasteiger partial charge in [0.2, 0.25) is 17.7 Å². The monoisotopic (exact) mass is 596 g/mol. The maximum atomic E-state index is 13.3. The number of ether oxygens (including phenoxy) is 3. The van der Waals surface area contributed by atoms with E-state index in [2.05, 4.69) is 16.0 Å². The summed E-state index contributed by atoms with van der Waals surface area (Å²) in [4.78, 5) is 54.4. The van der Waals surface area contributed by atoms with E-state index < -0.39 is 29.8 Å². The predicted molar refractivity (Wildman–Crippen MR) is 162 cm³/mol. The van der Waals surface area contributed by atoms with Crippen LogP contribution < -0.4 is 30.2 Å². The molecule has 1 heterocycles. The molecule has 4 amide bonds. The minimum atomic E-state index is -1.17. The van der Waals surface area contributed by atoms with E-state index >= 15 is 0 Å². The number of hydrogen-bond acceptors (Lipinski definition) is 7. The van der Waals surface area contributed by atoms with Gasteiger partial charge in [0.25, 0.3) is 5.91 Å². The zero-order chi connectivity index (χ0) is 31.4. The quantitative estimate of drug-likeness (QED) is 0.359. The second-order valence-electron chi connectivity index (χ2n) is 10.9. The van der Waals surface area contributed by atoms with Gasteiger partial charge in [-0.25, -0.2) is 0 Å². The predicted octanol–water partition coefficient (Wildman–Crippen LogP) is 2.71. The fourth-order valence-corrected chi connectivity index (χ4v) is 4.80. The highest BCUT2D eigenvalue weighted by molar-refractivity contribution is 6.01. The summed E-state index contributed by atoms with van der Waals surface area (Å²) < 4.78 is 16.8. The van der Waals surface area contributed by atoms with Crippen molar-refractivity contribution in [2.24, 2.45) is 5.92 Å². The van der Waals surface area contributed by atoms with Crippen molar-refractivity contribution in [3.05, 3.63) is 53.6 Å². The Balaban J connectivity index is 1.74. The van der Waals surface area contributed by atoms with Gasteiger partial charge in [0, 0.05) is 13.6 Å². The average molecular weight is 597 g/mol. The summed E-state index contributed by atoms with van der Waals surface area (Å²) in [7, 11) is 3.23. The summed E-state index contributed by atoms with van der Waals surface area (Å²) in [6, 6.07) is 10.4. The molecule has 3 rings (SSSR count). The van der Waals surface area contributed by atoms with E-state index in [1.165, 1.54) is 4.90 Å². The minimum Gasteiger partial charge on any atom is -0.493 e. The Morgan fingerprint density at radius 3 is 2.60 bits per heavy atom. The maximum Gasteiger partial charge on any atom is 0.255 e. The molecule has 0 radical (unpaired) electrons. The minimum absolute atomic E-state index is 0.138. The van der Waals surface area contributed by atoms with Crippen LogP contribution >= 0.6 is 0 Å². The number of hydrogen-bond donors (Lipinski definition) is 3. The number of nitrogens with zero attached hydrogens (tertiary/aromatic N) is 1. The highest BCUT2D eigenvalue weighted by Gasteiger charge is 2.30. The van der Waals surface area contributed by atoms with Crippen LogP contribution in [0.2, 0.25) is 0 Å². The average Bonchev–Trinajstić information content (AvgIpc) is 2.98. The van der Waals surface area contributed by atoms with Crippen molar-refractivity contribution in [2.45, 2.75) is 58.5 Å². The van der Waals surface area contributed by atoms with Crippen LogP contribution in [0, 0.1) is 5.92 Å². The van der Waals surface area contributed by atoms with Crippen LogP contribution in [0.15, 0.2) is 42.5 Å². The molecule has 11 heteroatoms. The lowest BCUT2D eigenvalue weighted by molar-refractivity contribution is -0.136. The van der Waals surface area contributed by atoms with Gasteiger partial charge in [-0.05, 0) is 61.9 Å². The molecule has 2 aromatic carbocycles.